The van der Waals surface area contributed by atoms with Crippen molar-refractivity contribution in [2.45, 2.75) is 64.0 Å². The van der Waals surface area contributed by atoms with E-state index in [-0.39, 0.29) is 0 Å². The quantitative estimate of drug-likeness (QED) is 0.831. The summed E-state index contributed by atoms with van der Waals surface area (Å²) in [6.07, 6.45) is 5.72. The van der Waals surface area contributed by atoms with Crippen molar-refractivity contribution in [1.82, 2.24) is 9.80 Å². The van der Waals surface area contributed by atoms with Crippen molar-refractivity contribution in [1.29, 1.82) is 0 Å². The number of benzene rings is 1. The molecule has 26 heavy (non-hydrogen) atoms. The van der Waals surface area contributed by atoms with E-state index >= 15 is 0 Å². The van der Waals surface area contributed by atoms with Gasteiger partial charge in [-0.3, -0.25) is 9.69 Å². The Morgan fingerprint density at radius 3 is 2.46 bits per heavy atom. The largest absolute Gasteiger partial charge is 0.454 e. The van der Waals surface area contributed by atoms with Crippen LogP contribution in [0.15, 0.2) is 18.2 Å². The Labute approximate surface area is 156 Å². The molecule has 0 spiro atoms. The van der Waals surface area contributed by atoms with Crippen LogP contribution in [0.3, 0.4) is 0 Å². The zero-order valence-corrected chi connectivity index (χ0v) is 15.9. The number of amides is 1. The molecule has 2 fully saturated rings. The Kier molecular flexibility index (Phi) is 5.07. The van der Waals surface area contributed by atoms with E-state index in [1.807, 2.05) is 6.07 Å². The van der Waals surface area contributed by atoms with Crippen LogP contribution in [0.5, 0.6) is 11.5 Å². The summed E-state index contributed by atoms with van der Waals surface area (Å²) in [5.41, 5.74) is 1.33. The smallest absolute Gasteiger partial charge is 0.237 e. The second-order valence-electron chi connectivity index (χ2n) is 8.09. The SMILES string of the molecule is CC1CCCC(C)N1C(=O)CN1CCC(c2ccc3c(c2)OCO3)CC1. The Morgan fingerprint density at radius 1 is 1.04 bits per heavy atom. The lowest BCUT2D eigenvalue weighted by atomic mass is 9.89. The molecule has 0 aliphatic carbocycles. The molecule has 2 unspecified atom stereocenters. The summed E-state index contributed by atoms with van der Waals surface area (Å²) < 4.78 is 10.9. The molecule has 0 N–H and O–H groups in total. The molecule has 0 aromatic heterocycles. The number of hydrogen-bond acceptors (Lipinski definition) is 4. The first-order valence-electron chi connectivity index (χ1n) is 10.0. The molecule has 142 valence electrons. The van der Waals surface area contributed by atoms with Gasteiger partial charge in [0.05, 0.1) is 6.54 Å². The van der Waals surface area contributed by atoms with Crippen LogP contribution in [0.2, 0.25) is 0 Å². The molecular formula is C21H30N2O3. The Morgan fingerprint density at radius 2 is 1.73 bits per heavy atom. The number of likely N-dealkylation sites (tertiary alicyclic amines) is 2. The summed E-state index contributed by atoms with van der Waals surface area (Å²) >= 11 is 0. The van der Waals surface area contributed by atoms with Crippen molar-refractivity contribution in [2.75, 3.05) is 26.4 Å². The van der Waals surface area contributed by atoms with Gasteiger partial charge < -0.3 is 14.4 Å². The summed E-state index contributed by atoms with van der Waals surface area (Å²) in [5.74, 6) is 2.57. The van der Waals surface area contributed by atoms with Gasteiger partial charge in [0.25, 0.3) is 0 Å². The van der Waals surface area contributed by atoms with Crippen molar-refractivity contribution in [3.8, 4) is 11.5 Å². The summed E-state index contributed by atoms with van der Waals surface area (Å²) in [6, 6.07) is 7.09. The number of ether oxygens (including phenoxy) is 2. The molecule has 2 atom stereocenters. The third-order valence-corrected chi connectivity index (χ3v) is 6.30. The van der Waals surface area contributed by atoms with Crippen LogP contribution in [0, 0.1) is 0 Å². The minimum absolute atomic E-state index is 0.311. The Balaban J connectivity index is 1.31. The van der Waals surface area contributed by atoms with E-state index in [0.717, 1.165) is 50.3 Å². The number of nitrogens with zero attached hydrogens (tertiary/aromatic N) is 2. The molecule has 3 aliphatic rings. The summed E-state index contributed by atoms with van der Waals surface area (Å²) in [7, 11) is 0. The normalized spacial score (nSPS) is 26.9. The van der Waals surface area contributed by atoms with Crippen molar-refractivity contribution in [3.63, 3.8) is 0 Å². The van der Waals surface area contributed by atoms with Crippen LogP contribution in [-0.4, -0.2) is 54.2 Å². The van der Waals surface area contributed by atoms with E-state index in [1.165, 1.54) is 12.0 Å². The predicted octanol–water partition coefficient (Wildman–Crippen LogP) is 3.38. The molecule has 5 heteroatoms. The molecule has 1 amide bonds. The third-order valence-electron chi connectivity index (χ3n) is 6.30. The molecule has 0 bridgehead atoms. The third kappa shape index (κ3) is 3.54. The van der Waals surface area contributed by atoms with Gasteiger partial charge in [0.15, 0.2) is 11.5 Å². The summed E-state index contributed by atoms with van der Waals surface area (Å²) in [5, 5.41) is 0. The van der Waals surface area contributed by atoms with Crippen molar-refractivity contribution in [3.05, 3.63) is 23.8 Å². The average Bonchev–Trinajstić information content (AvgIpc) is 3.10. The number of piperidine rings is 2. The zero-order chi connectivity index (χ0) is 18.1. The van der Waals surface area contributed by atoms with Crippen LogP contribution < -0.4 is 9.47 Å². The maximum absolute atomic E-state index is 12.8. The summed E-state index contributed by atoms with van der Waals surface area (Å²) in [6.45, 7) is 7.26. The fraction of sp³-hybridized carbons (Fsp3) is 0.667. The van der Waals surface area contributed by atoms with E-state index in [2.05, 4.69) is 35.8 Å². The number of rotatable bonds is 3. The average molecular weight is 358 g/mol. The van der Waals surface area contributed by atoms with Crippen molar-refractivity contribution >= 4 is 5.91 Å². The molecule has 1 aromatic carbocycles. The van der Waals surface area contributed by atoms with Crippen LogP contribution in [0.4, 0.5) is 0 Å². The maximum atomic E-state index is 12.8. The summed E-state index contributed by atoms with van der Waals surface area (Å²) in [4.78, 5) is 17.3. The highest BCUT2D eigenvalue weighted by molar-refractivity contribution is 5.79. The van der Waals surface area contributed by atoms with Crippen LogP contribution >= 0.6 is 0 Å². The molecular weight excluding hydrogens is 328 g/mol. The number of carbonyl (C=O) groups excluding carboxylic acids is 1. The maximum Gasteiger partial charge on any atom is 0.237 e. The first-order chi connectivity index (χ1) is 12.6. The van der Waals surface area contributed by atoms with Crippen LogP contribution in [0.1, 0.15) is 57.4 Å². The minimum atomic E-state index is 0.311. The highest BCUT2D eigenvalue weighted by Crippen LogP contribution is 2.37. The van der Waals surface area contributed by atoms with E-state index < -0.39 is 0 Å². The predicted molar refractivity (Wildman–Crippen MR) is 101 cm³/mol. The molecule has 0 saturated carbocycles. The molecule has 1 aromatic rings. The second kappa shape index (κ2) is 7.47. The van der Waals surface area contributed by atoms with E-state index in [4.69, 9.17) is 9.47 Å². The van der Waals surface area contributed by atoms with Gasteiger partial charge in [-0.15, -0.1) is 0 Å². The zero-order valence-electron chi connectivity index (χ0n) is 15.9. The lowest BCUT2D eigenvalue weighted by Gasteiger charge is -2.41. The van der Waals surface area contributed by atoms with E-state index in [1.54, 1.807) is 0 Å². The highest BCUT2D eigenvalue weighted by atomic mass is 16.7. The van der Waals surface area contributed by atoms with Crippen LogP contribution in [0.25, 0.3) is 0 Å². The molecule has 3 heterocycles. The topological polar surface area (TPSA) is 42.0 Å². The van der Waals surface area contributed by atoms with Crippen LogP contribution in [-0.2, 0) is 4.79 Å². The first kappa shape index (κ1) is 17.7. The fourth-order valence-electron chi connectivity index (χ4n) is 4.78. The molecule has 2 saturated heterocycles. The standard InChI is InChI=1S/C21H30N2O3/c1-15-4-3-5-16(2)23(15)21(24)13-22-10-8-17(9-11-22)18-6-7-19-20(12-18)26-14-25-19/h6-7,12,15-17H,3-5,8-11,13-14H2,1-2H3. The van der Waals surface area contributed by atoms with E-state index in [9.17, 15) is 4.79 Å². The number of fused-ring (bicyclic) bond motifs is 1. The van der Waals surface area contributed by atoms with Gasteiger partial charge in [0, 0.05) is 12.1 Å². The number of hydrogen-bond donors (Lipinski definition) is 0. The lowest BCUT2D eigenvalue weighted by Crippen LogP contribution is -2.51. The van der Waals surface area contributed by atoms with Gasteiger partial charge in [-0.1, -0.05) is 6.07 Å². The Bertz CT molecular complexity index is 645. The first-order valence-corrected chi connectivity index (χ1v) is 10.0. The van der Waals surface area contributed by atoms with Gasteiger partial charge in [-0.2, -0.15) is 0 Å². The Hall–Kier alpha value is -1.75. The van der Waals surface area contributed by atoms with Gasteiger partial charge in [-0.05, 0) is 82.7 Å². The number of carbonyl (C=O) groups is 1. The molecule has 5 nitrogen and oxygen atoms in total. The van der Waals surface area contributed by atoms with E-state index in [0.29, 0.717) is 37.2 Å². The second-order valence-corrected chi connectivity index (χ2v) is 8.09. The van der Waals surface area contributed by atoms with Crippen molar-refractivity contribution in [2.24, 2.45) is 0 Å². The molecule has 4 rings (SSSR count). The molecule has 0 radical (unpaired) electrons. The minimum Gasteiger partial charge on any atom is -0.454 e. The lowest BCUT2D eigenvalue weighted by molar-refractivity contribution is -0.138. The van der Waals surface area contributed by atoms with Gasteiger partial charge in [0.1, 0.15) is 0 Å². The monoisotopic (exact) mass is 358 g/mol. The van der Waals surface area contributed by atoms with Gasteiger partial charge >= 0.3 is 0 Å². The highest BCUT2D eigenvalue weighted by Gasteiger charge is 2.31. The van der Waals surface area contributed by atoms with Gasteiger partial charge in [0.2, 0.25) is 12.7 Å². The van der Waals surface area contributed by atoms with Crippen molar-refractivity contribution < 1.29 is 14.3 Å². The fourth-order valence-corrected chi connectivity index (χ4v) is 4.78. The molecule has 3 aliphatic heterocycles. The van der Waals surface area contributed by atoms with Gasteiger partial charge in [-0.25, -0.2) is 0 Å².